The molecule has 0 saturated carbocycles. The number of benzene rings is 1. The maximum Gasteiger partial charge on any atom is 0.238 e. The van der Waals surface area contributed by atoms with Gasteiger partial charge in [-0.3, -0.25) is 4.79 Å². The standard InChI is InChI=1S/C15H22N2O2/c1-12-5-3-6-13(9-12)17-14(18)10-16-11-15(2)7-4-8-19-15/h3,5-6,9,16H,4,7-8,10-11H2,1-2H3,(H,17,18). The first-order valence-corrected chi connectivity index (χ1v) is 6.79. The van der Waals surface area contributed by atoms with Crippen molar-refractivity contribution in [2.24, 2.45) is 0 Å². The first kappa shape index (κ1) is 14.0. The second kappa shape index (κ2) is 6.17. The summed E-state index contributed by atoms with van der Waals surface area (Å²) >= 11 is 0. The Morgan fingerprint density at radius 2 is 2.32 bits per heavy atom. The third-order valence-corrected chi connectivity index (χ3v) is 3.39. The Morgan fingerprint density at radius 3 is 3.00 bits per heavy atom. The zero-order valence-electron chi connectivity index (χ0n) is 11.7. The van der Waals surface area contributed by atoms with Crippen LogP contribution in [0.5, 0.6) is 0 Å². The Kier molecular flexibility index (Phi) is 4.56. The molecule has 1 aromatic carbocycles. The molecular weight excluding hydrogens is 240 g/mol. The fourth-order valence-electron chi connectivity index (χ4n) is 2.34. The Balaban J connectivity index is 1.73. The zero-order valence-corrected chi connectivity index (χ0v) is 11.7. The van der Waals surface area contributed by atoms with E-state index in [4.69, 9.17) is 4.74 Å². The molecule has 1 aliphatic heterocycles. The summed E-state index contributed by atoms with van der Waals surface area (Å²) in [6.07, 6.45) is 2.16. The van der Waals surface area contributed by atoms with Gasteiger partial charge >= 0.3 is 0 Å². The average molecular weight is 262 g/mol. The van der Waals surface area contributed by atoms with E-state index in [0.717, 1.165) is 30.7 Å². The van der Waals surface area contributed by atoms with Gasteiger partial charge in [0.05, 0.1) is 12.1 Å². The summed E-state index contributed by atoms with van der Waals surface area (Å²) in [7, 11) is 0. The molecule has 104 valence electrons. The molecule has 0 bridgehead atoms. The van der Waals surface area contributed by atoms with Gasteiger partial charge in [-0.15, -0.1) is 0 Å². The monoisotopic (exact) mass is 262 g/mol. The van der Waals surface area contributed by atoms with Crippen molar-refractivity contribution >= 4 is 11.6 Å². The molecule has 1 heterocycles. The summed E-state index contributed by atoms with van der Waals surface area (Å²) in [5.74, 6) is -0.0211. The molecule has 0 aliphatic carbocycles. The largest absolute Gasteiger partial charge is 0.374 e. The number of carbonyl (C=O) groups excluding carboxylic acids is 1. The third-order valence-electron chi connectivity index (χ3n) is 3.39. The van der Waals surface area contributed by atoms with Crippen molar-refractivity contribution in [1.29, 1.82) is 0 Å². The lowest BCUT2D eigenvalue weighted by molar-refractivity contribution is -0.115. The predicted molar refractivity (Wildman–Crippen MR) is 76.3 cm³/mol. The molecule has 2 N–H and O–H groups in total. The van der Waals surface area contributed by atoms with Crippen LogP contribution < -0.4 is 10.6 Å². The van der Waals surface area contributed by atoms with Crippen molar-refractivity contribution in [1.82, 2.24) is 5.32 Å². The van der Waals surface area contributed by atoms with E-state index in [1.165, 1.54) is 0 Å². The van der Waals surface area contributed by atoms with Gasteiger partial charge in [0.1, 0.15) is 0 Å². The van der Waals surface area contributed by atoms with Crippen LogP contribution in [0.1, 0.15) is 25.3 Å². The number of aryl methyl sites for hydroxylation is 1. The summed E-state index contributed by atoms with van der Waals surface area (Å²) in [6, 6.07) is 7.80. The van der Waals surface area contributed by atoms with Crippen LogP contribution in [-0.2, 0) is 9.53 Å². The Morgan fingerprint density at radius 1 is 1.47 bits per heavy atom. The van der Waals surface area contributed by atoms with E-state index in [-0.39, 0.29) is 11.5 Å². The lowest BCUT2D eigenvalue weighted by Crippen LogP contribution is -2.40. The van der Waals surface area contributed by atoms with E-state index in [0.29, 0.717) is 13.1 Å². The Bertz CT molecular complexity index is 440. The van der Waals surface area contributed by atoms with Gasteiger partial charge < -0.3 is 15.4 Å². The smallest absolute Gasteiger partial charge is 0.238 e. The number of rotatable bonds is 5. The number of hydrogen-bond donors (Lipinski definition) is 2. The molecule has 19 heavy (non-hydrogen) atoms. The number of carbonyl (C=O) groups is 1. The number of ether oxygens (including phenoxy) is 1. The molecule has 0 radical (unpaired) electrons. The maximum atomic E-state index is 11.8. The second-order valence-electron chi connectivity index (χ2n) is 5.42. The van der Waals surface area contributed by atoms with Gasteiger partial charge in [-0.2, -0.15) is 0 Å². The Labute approximate surface area is 114 Å². The van der Waals surface area contributed by atoms with Crippen molar-refractivity contribution < 1.29 is 9.53 Å². The zero-order chi connectivity index (χ0) is 13.7. The molecule has 4 heteroatoms. The van der Waals surface area contributed by atoms with E-state index >= 15 is 0 Å². The summed E-state index contributed by atoms with van der Waals surface area (Å²) in [4.78, 5) is 11.8. The first-order valence-electron chi connectivity index (χ1n) is 6.79. The highest BCUT2D eigenvalue weighted by molar-refractivity contribution is 5.92. The predicted octanol–water partition coefficient (Wildman–Crippen LogP) is 2.09. The number of amides is 1. The van der Waals surface area contributed by atoms with Gasteiger partial charge in [0.2, 0.25) is 5.91 Å². The van der Waals surface area contributed by atoms with E-state index < -0.39 is 0 Å². The van der Waals surface area contributed by atoms with Crippen LogP contribution in [0.4, 0.5) is 5.69 Å². The summed E-state index contributed by atoms with van der Waals surface area (Å²) in [5.41, 5.74) is 1.87. The minimum Gasteiger partial charge on any atom is -0.374 e. The normalized spacial score (nSPS) is 22.4. The summed E-state index contributed by atoms with van der Waals surface area (Å²) in [6.45, 7) is 5.95. The van der Waals surface area contributed by atoms with Crippen LogP contribution >= 0.6 is 0 Å². The molecular formula is C15H22N2O2. The van der Waals surface area contributed by atoms with Crippen LogP contribution in [0, 0.1) is 6.92 Å². The van der Waals surface area contributed by atoms with Crippen LogP contribution in [0.15, 0.2) is 24.3 Å². The third kappa shape index (κ3) is 4.33. The number of hydrogen-bond acceptors (Lipinski definition) is 3. The van der Waals surface area contributed by atoms with Crippen LogP contribution in [-0.4, -0.2) is 31.2 Å². The van der Waals surface area contributed by atoms with Gasteiger partial charge in [-0.25, -0.2) is 0 Å². The van der Waals surface area contributed by atoms with Gasteiger partial charge in [0.25, 0.3) is 0 Å². The molecule has 1 saturated heterocycles. The second-order valence-corrected chi connectivity index (χ2v) is 5.42. The van der Waals surface area contributed by atoms with Gasteiger partial charge in [0, 0.05) is 18.8 Å². The highest BCUT2D eigenvalue weighted by atomic mass is 16.5. The molecule has 1 unspecified atom stereocenters. The van der Waals surface area contributed by atoms with E-state index in [1.807, 2.05) is 31.2 Å². The molecule has 4 nitrogen and oxygen atoms in total. The van der Waals surface area contributed by atoms with Crippen LogP contribution in [0.2, 0.25) is 0 Å². The molecule has 0 aromatic heterocycles. The highest BCUT2D eigenvalue weighted by Crippen LogP contribution is 2.23. The van der Waals surface area contributed by atoms with Gasteiger partial charge in [-0.1, -0.05) is 12.1 Å². The van der Waals surface area contributed by atoms with Gasteiger partial charge in [-0.05, 0) is 44.4 Å². The average Bonchev–Trinajstić information content (AvgIpc) is 2.76. The number of anilines is 1. The van der Waals surface area contributed by atoms with Crippen LogP contribution in [0.25, 0.3) is 0 Å². The molecule has 0 spiro atoms. The Hall–Kier alpha value is -1.39. The SMILES string of the molecule is Cc1cccc(NC(=O)CNCC2(C)CCCO2)c1. The summed E-state index contributed by atoms with van der Waals surface area (Å²) < 4.78 is 5.66. The minimum absolute atomic E-state index is 0.0211. The van der Waals surface area contributed by atoms with Crippen molar-refractivity contribution in [2.75, 3.05) is 25.0 Å². The van der Waals surface area contributed by atoms with Crippen LogP contribution in [0.3, 0.4) is 0 Å². The molecule has 2 rings (SSSR count). The molecule has 1 aromatic rings. The first-order chi connectivity index (χ1) is 9.07. The van der Waals surface area contributed by atoms with E-state index in [9.17, 15) is 4.79 Å². The summed E-state index contributed by atoms with van der Waals surface area (Å²) in [5, 5.41) is 6.04. The fourth-order valence-corrected chi connectivity index (χ4v) is 2.34. The topological polar surface area (TPSA) is 50.4 Å². The van der Waals surface area contributed by atoms with E-state index in [2.05, 4.69) is 17.6 Å². The van der Waals surface area contributed by atoms with Crippen molar-refractivity contribution in [3.05, 3.63) is 29.8 Å². The lowest BCUT2D eigenvalue weighted by Gasteiger charge is -2.23. The molecule has 1 atom stereocenters. The van der Waals surface area contributed by atoms with Crippen molar-refractivity contribution in [3.63, 3.8) is 0 Å². The quantitative estimate of drug-likeness (QED) is 0.854. The van der Waals surface area contributed by atoms with E-state index in [1.54, 1.807) is 0 Å². The molecule has 1 amide bonds. The van der Waals surface area contributed by atoms with Crippen molar-refractivity contribution in [3.8, 4) is 0 Å². The lowest BCUT2D eigenvalue weighted by atomic mass is 10.0. The minimum atomic E-state index is -0.108. The van der Waals surface area contributed by atoms with Gasteiger partial charge in [0.15, 0.2) is 0 Å². The number of nitrogens with one attached hydrogen (secondary N) is 2. The fraction of sp³-hybridized carbons (Fsp3) is 0.533. The van der Waals surface area contributed by atoms with Crippen molar-refractivity contribution in [2.45, 2.75) is 32.3 Å². The molecule has 1 fully saturated rings. The maximum absolute atomic E-state index is 11.8. The highest BCUT2D eigenvalue weighted by Gasteiger charge is 2.29. The molecule has 1 aliphatic rings.